The Morgan fingerprint density at radius 2 is 1.62 bits per heavy atom. The smallest absolute Gasteiger partial charge is 0.404 e. The lowest BCUT2D eigenvalue weighted by atomic mass is 10.1. The van der Waals surface area contributed by atoms with Crippen LogP contribution in [-0.2, 0) is 12.8 Å². The van der Waals surface area contributed by atoms with E-state index in [2.05, 4.69) is 44.2 Å². The van der Waals surface area contributed by atoms with Crippen molar-refractivity contribution in [2.75, 3.05) is 13.2 Å². The van der Waals surface area contributed by atoms with Gasteiger partial charge in [-0.3, -0.25) is 9.36 Å². The molecule has 0 fully saturated rings. The maximum atomic E-state index is 15.1. The number of unbranched alkanes of at least 4 members (excludes halogenated alkanes) is 5. The van der Waals surface area contributed by atoms with Gasteiger partial charge in [-0.25, -0.2) is 14.2 Å². The van der Waals surface area contributed by atoms with Crippen LogP contribution in [0.3, 0.4) is 0 Å². The zero-order chi connectivity index (χ0) is 37.3. The van der Waals surface area contributed by atoms with E-state index < -0.39 is 20.2 Å². The van der Waals surface area contributed by atoms with E-state index in [9.17, 15) is 9.59 Å². The van der Waals surface area contributed by atoms with Crippen molar-refractivity contribution in [2.45, 2.75) is 90.3 Å². The number of aromatic amines is 1. The molecule has 276 valence electrons. The minimum Gasteiger partial charge on any atom is -0.544 e. The SMILES string of the molecule is CC(C)(C)[Si](C)(C)Oc1ccc(-c2cn3c(=O)c(Cc4ccc(OCCCCCCCCNC(=O)O)c(F)c4)nc-3c(Cc3ccccc3)[nH]2)cc1. The molecular weight excluding hydrogens is 676 g/mol. The molecule has 0 aromatic heterocycles. The Hall–Kier alpha value is -4.90. The number of imidazole rings is 1. The molecule has 0 saturated heterocycles. The first-order valence-corrected chi connectivity index (χ1v) is 21.1. The summed E-state index contributed by atoms with van der Waals surface area (Å²) in [7, 11) is -2.00. The second-order valence-corrected chi connectivity index (χ2v) is 19.6. The largest absolute Gasteiger partial charge is 0.544 e. The van der Waals surface area contributed by atoms with E-state index in [0.29, 0.717) is 36.6 Å². The van der Waals surface area contributed by atoms with Crippen LogP contribution < -0.4 is 20.0 Å². The second-order valence-electron chi connectivity index (χ2n) is 14.9. The molecule has 0 bridgehead atoms. The molecule has 2 aliphatic rings. The number of hydrogen-bond donors (Lipinski definition) is 3. The number of nitrogens with one attached hydrogen (secondary N) is 2. The van der Waals surface area contributed by atoms with Gasteiger partial charge in [0, 0.05) is 25.6 Å². The lowest BCUT2D eigenvalue weighted by Gasteiger charge is -2.36. The highest BCUT2D eigenvalue weighted by atomic mass is 28.4. The Labute approximate surface area is 306 Å². The molecule has 2 heterocycles. The number of fused-ring (bicyclic) bond motifs is 1. The maximum Gasteiger partial charge on any atom is 0.404 e. The third-order valence-corrected chi connectivity index (χ3v) is 14.1. The molecule has 3 aromatic rings. The standard InChI is InChI=1S/C41H51FN4O5Si/c1-41(2,3)52(4,5)51-32-20-18-31(19-21-32)36-28-46-38(34(44-36)26-29-15-11-10-12-16-29)45-35(39(46)47)27-30-17-22-37(33(42)25-30)50-24-14-9-7-6-8-13-23-43-40(48)49/h10-12,15-22,25,28,43-44H,6-9,13-14,23-24,26-27H2,1-5H3,(H,48,49). The van der Waals surface area contributed by atoms with Crippen molar-refractivity contribution in [3.05, 3.63) is 118 Å². The van der Waals surface area contributed by atoms with Gasteiger partial charge in [0.2, 0.25) is 8.32 Å². The van der Waals surface area contributed by atoms with E-state index in [0.717, 1.165) is 66.8 Å². The third-order valence-electron chi connectivity index (χ3n) is 9.79. The van der Waals surface area contributed by atoms with Crippen LogP contribution in [0.1, 0.15) is 81.8 Å². The van der Waals surface area contributed by atoms with Crippen LogP contribution in [0, 0.1) is 5.82 Å². The molecule has 1 amide bonds. The van der Waals surface area contributed by atoms with Gasteiger partial charge in [0.05, 0.1) is 18.0 Å². The summed E-state index contributed by atoms with van der Waals surface area (Å²) in [6.45, 7) is 12.0. The van der Waals surface area contributed by atoms with Crippen LogP contribution in [0.2, 0.25) is 18.1 Å². The van der Waals surface area contributed by atoms with E-state index in [1.54, 1.807) is 22.9 Å². The highest BCUT2D eigenvalue weighted by Gasteiger charge is 2.39. The van der Waals surface area contributed by atoms with Crippen molar-refractivity contribution >= 4 is 14.4 Å². The van der Waals surface area contributed by atoms with Gasteiger partial charge < -0.3 is 24.6 Å². The molecule has 3 aromatic carbocycles. The van der Waals surface area contributed by atoms with Gasteiger partial charge >= 0.3 is 6.09 Å². The van der Waals surface area contributed by atoms with Crippen molar-refractivity contribution in [3.63, 3.8) is 0 Å². The highest BCUT2D eigenvalue weighted by molar-refractivity contribution is 6.74. The zero-order valence-corrected chi connectivity index (χ0v) is 31.9. The van der Waals surface area contributed by atoms with E-state index in [-0.39, 0.29) is 22.8 Å². The molecule has 0 aliphatic carbocycles. The molecule has 0 unspecified atom stereocenters. The summed E-state index contributed by atoms with van der Waals surface area (Å²) in [6, 6.07) is 22.8. The van der Waals surface area contributed by atoms with Crippen molar-refractivity contribution < 1.29 is 23.5 Å². The van der Waals surface area contributed by atoms with Crippen LogP contribution in [0.25, 0.3) is 17.1 Å². The zero-order valence-electron chi connectivity index (χ0n) is 30.9. The third kappa shape index (κ3) is 10.1. The summed E-state index contributed by atoms with van der Waals surface area (Å²) in [5, 5.41) is 11.1. The molecule has 0 spiro atoms. The minimum atomic E-state index is -2.00. The molecule has 0 atom stereocenters. The molecule has 9 nitrogen and oxygen atoms in total. The number of rotatable bonds is 17. The van der Waals surface area contributed by atoms with Crippen molar-refractivity contribution in [2.24, 2.45) is 0 Å². The van der Waals surface area contributed by atoms with E-state index in [1.165, 1.54) is 6.07 Å². The van der Waals surface area contributed by atoms with Crippen molar-refractivity contribution in [1.82, 2.24) is 19.9 Å². The number of halogens is 1. The molecule has 0 saturated carbocycles. The number of benzene rings is 3. The van der Waals surface area contributed by atoms with Gasteiger partial charge in [-0.15, -0.1) is 0 Å². The van der Waals surface area contributed by atoms with Crippen LogP contribution in [0.15, 0.2) is 83.8 Å². The Bertz CT molecular complexity index is 1950. The number of hydrogen-bond acceptors (Lipinski definition) is 5. The normalized spacial score (nSPS) is 11.9. The topological polar surface area (TPSA) is 118 Å². The summed E-state index contributed by atoms with van der Waals surface area (Å²) in [5.74, 6) is 1.09. The van der Waals surface area contributed by atoms with Gasteiger partial charge in [0.25, 0.3) is 5.56 Å². The fraction of sp³-hybridized carbons (Fsp3) is 0.390. The molecule has 3 N–H and O–H groups in total. The van der Waals surface area contributed by atoms with E-state index >= 15 is 4.39 Å². The minimum absolute atomic E-state index is 0.0786. The van der Waals surface area contributed by atoms with Gasteiger partial charge in [-0.2, -0.15) is 0 Å². The Morgan fingerprint density at radius 3 is 2.29 bits per heavy atom. The predicted octanol–water partition coefficient (Wildman–Crippen LogP) is 9.36. The average Bonchev–Trinajstić information content (AvgIpc) is 3.41. The quantitative estimate of drug-likeness (QED) is 0.0649. The van der Waals surface area contributed by atoms with Gasteiger partial charge in [0.15, 0.2) is 17.4 Å². The molecule has 5 rings (SSSR count). The first kappa shape index (κ1) is 38.3. The van der Waals surface area contributed by atoms with Gasteiger partial charge in [-0.1, -0.05) is 82.9 Å². The summed E-state index contributed by atoms with van der Waals surface area (Å²) in [6.07, 6.45) is 7.09. The number of amides is 1. The lowest BCUT2D eigenvalue weighted by Crippen LogP contribution is -2.43. The molecule has 0 radical (unpaired) electrons. The number of nitrogens with zero attached hydrogens (tertiary/aromatic N) is 2. The highest BCUT2D eigenvalue weighted by Crippen LogP contribution is 2.37. The van der Waals surface area contributed by atoms with Crippen LogP contribution in [0.5, 0.6) is 11.5 Å². The molecular formula is C41H51FN4O5Si. The van der Waals surface area contributed by atoms with Crippen molar-refractivity contribution in [1.29, 1.82) is 0 Å². The number of carboxylic acid groups (broad SMARTS) is 1. The summed E-state index contributed by atoms with van der Waals surface area (Å²) in [5.41, 5.74) is 4.31. The summed E-state index contributed by atoms with van der Waals surface area (Å²) >= 11 is 0. The number of ether oxygens (including phenoxy) is 1. The van der Waals surface area contributed by atoms with Crippen LogP contribution in [-0.4, -0.2) is 47.2 Å². The fourth-order valence-corrected chi connectivity index (χ4v) is 6.82. The monoisotopic (exact) mass is 726 g/mol. The maximum absolute atomic E-state index is 15.1. The first-order valence-electron chi connectivity index (χ1n) is 18.2. The number of H-pyrrole nitrogens is 1. The molecule has 11 heteroatoms. The Morgan fingerprint density at radius 1 is 0.923 bits per heavy atom. The predicted molar refractivity (Wildman–Crippen MR) is 206 cm³/mol. The lowest BCUT2D eigenvalue weighted by molar-refractivity contribution is 0.194. The Kier molecular flexibility index (Phi) is 12.6. The summed E-state index contributed by atoms with van der Waals surface area (Å²) < 4.78 is 28.9. The van der Waals surface area contributed by atoms with Crippen LogP contribution in [0.4, 0.5) is 9.18 Å². The second kappa shape index (κ2) is 17.1. The van der Waals surface area contributed by atoms with E-state index in [4.69, 9.17) is 19.3 Å². The Balaban J connectivity index is 1.29. The van der Waals surface area contributed by atoms with E-state index in [1.807, 2.05) is 54.6 Å². The summed E-state index contributed by atoms with van der Waals surface area (Å²) in [4.78, 5) is 32.7. The fourth-order valence-electron chi connectivity index (χ4n) is 5.79. The molecule has 52 heavy (non-hydrogen) atoms. The number of aromatic nitrogens is 3. The van der Waals surface area contributed by atoms with Crippen molar-refractivity contribution in [3.8, 4) is 28.6 Å². The molecule has 2 aliphatic heterocycles. The van der Waals surface area contributed by atoms with Crippen LogP contribution >= 0.6 is 0 Å². The number of carbonyl (C=O) groups is 1. The first-order chi connectivity index (χ1) is 24.8. The van der Waals surface area contributed by atoms with Gasteiger partial charge in [0.1, 0.15) is 11.4 Å². The average molecular weight is 727 g/mol. The van der Waals surface area contributed by atoms with Gasteiger partial charge in [-0.05, 0) is 84.1 Å².